The van der Waals surface area contributed by atoms with Crippen molar-refractivity contribution in [3.8, 4) is 0 Å². The highest BCUT2D eigenvalue weighted by atomic mass is 35.5. The molecule has 5 nitrogen and oxygen atoms in total. The minimum atomic E-state index is -0.736. The summed E-state index contributed by atoms with van der Waals surface area (Å²) in [6.45, 7) is 2.54. The van der Waals surface area contributed by atoms with Gasteiger partial charge in [-0.05, 0) is 12.5 Å². The molecule has 0 spiro atoms. The van der Waals surface area contributed by atoms with E-state index in [0.717, 1.165) is 11.3 Å². The van der Waals surface area contributed by atoms with Crippen molar-refractivity contribution in [2.75, 3.05) is 6.54 Å². The van der Waals surface area contributed by atoms with Crippen molar-refractivity contribution in [2.45, 2.75) is 25.3 Å². The average Bonchev–Trinajstić information content (AvgIpc) is 2.54. The molecule has 1 aliphatic heterocycles. The topological polar surface area (TPSA) is 66.1 Å². The van der Waals surface area contributed by atoms with Gasteiger partial charge >= 0.3 is 0 Å². The fourth-order valence-electron chi connectivity index (χ4n) is 2.66. The molecule has 1 atom stereocenters. The number of halogens is 1. The number of hydrogen-bond donors (Lipinski definition) is 1. The molecule has 1 aromatic heterocycles. The summed E-state index contributed by atoms with van der Waals surface area (Å²) in [5.74, 6) is 0.418. The van der Waals surface area contributed by atoms with Crippen molar-refractivity contribution in [2.24, 2.45) is 0 Å². The molecule has 3 rings (SSSR count). The van der Waals surface area contributed by atoms with Crippen LogP contribution in [0, 0.1) is 6.92 Å². The van der Waals surface area contributed by atoms with Crippen molar-refractivity contribution in [1.82, 2.24) is 14.9 Å². The lowest BCUT2D eigenvalue weighted by molar-refractivity contribution is -0.131. The zero-order valence-corrected chi connectivity index (χ0v) is 12.9. The van der Waals surface area contributed by atoms with Crippen LogP contribution in [0.1, 0.15) is 28.0 Å². The van der Waals surface area contributed by atoms with E-state index in [1.54, 1.807) is 11.8 Å². The highest BCUT2D eigenvalue weighted by Gasteiger charge is 2.28. The lowest BCUT2D eigenvalue weighted by atomic mass is 10.1. The summed E-state index contributed by atoms with van der Waals surface area (Å²) in [5.41, 5.74) is 1.92. The maximum Gasteiger partial charge on any atom is 0.256 e. The third-order valence-corrected chi connectivity index (χ3v) is 4.25. The molecule has 1 amide bonds. The third kappa shape index (κ3) is 2.76. The minimum absolute atomic E-state index is 0.175. The Labute approximate surface area is 132 Å². The predicted octanol–water partition coefficient (Wildman–Crippen LogP) is 1.94. The second kappa shape index (κ2) is 5.93. The van der Waals surface area contributed by atoms with Gasteiger partial charge in [0.15, 0.2) is 0 Å². The number of carbonyl (C=O) groups is 1. The molecule has 1 aromatic carbocycles. The van der Waals surface area contributed by atoms with E-state index in [2.05, 4.69) is 9.97 Å². The average molecular weight is 318 g/mol. The fraction of sp³-hybridized carbons (Fsp3) is 0.312. The quantitative estimate of drug-likeness (QED) is 0.861. The maximum absolute atomic E-state index is 12.5. The summed E-state index contributed by atoms with van der Waals surface area (Å²) in [4.78, 5) is 33.2. The number of aromatic nitrogens is 2. The molecule has 1 unspecified atom stereocenters. The van der Waals surface area contributed by atoms with E-state index in [1.165, 1.54) is 0 Å². The summed E-state index contributed by atoms with van der Waals surface area (Å²) >= 11 is 6.29. The van der Waals surface area contributed by atoms with Crippen LogP contribution >= 0.6 is 11.6 Å². The van der Waals surface area contributed by atoms with E-state index >= 15 is 0 Å². The first-order valence-electron chi connectivity index (χ1n) is 7.12. The summed E-state index contributed by atoms with van der Waals surface area (Å²) in [7, 11) is 0. The molecule has 114 valence electrons. The van der Waals surface area contributed by atoms with E-state index in [1.807, 2.05) is 30.3 Å². The van der Waals surface area contributed by atoms with Crippen molar-refractivity contribution in [3.63, 3.8) is 0 Å². The van der Waals surface area contributed by atoms with E-state index in [-0.39, 0.29) is 18.0 Å². The molecule has 0 radical (unpaired) electrons. The Morgan fingerprint density at radius 1 is 1.36 bits per heavy atom. The zero-order chi connectivity index (χ0) is 15.7. The monoisotopic (exact) mass is 317 g/mol. The van der Waals surface area contributed by atoms with Crippen molar-refractivity contribution in [3.05, 3.63) is 63.3 Å². The Bertz CT molecular complexity index is 758. The van der Waals surface area contributed by atoms with Gasteiger partial charge in [-0.3, -0.25) is 9.59 Å². The van der Waals surface area contributed by atoms with Gasteiger partial charge in [0.2, 0.25) is 5.91 Å². The van der Waals surface area contributed by atoms with Gasteiger partial charge in [0.05, 0.1) is 17.8 Å². The number of hydrogen-bond acceptors (Lipinski definition) is 3. The first-order valence-corrected chi connectivity index (χ1v) is 7.56. The largest absolute Gasteiger partial charge is 0.336 e. The van der Waals surface area contributed by atoms with Gasteiger partial charge in [-0.15, -0.1) is 11.6 Å². The summed E-state index contributed by atoms with van der Waals surface area (Å²) in [6.07, 6.45) is 0.574. The minimum Gasteiger partial charge on any atom is -0.336 e. The van der Waals surface area contributed by atoms with Crippen LogP contribution in [-0.2, 0) is 17.8 Å². The number of nitrogens with one attached hydrogen (secondary N) is 1. The van der Waals surface area contributed by atoms with Gasteiger partial charge in [0.25, 0.3) is 5.56 Å². The number of fused-ring (bicyclic) bond motifs is 1. The van der Waals surface area contributed by atoms with Gasteiger partial charge in [-0.25, -0.2) is 4.98 Å². The second-order valence-corrected chi connectivity index (χ2v) is 5.80. The first kappa shape index (κ1) is 14.8. The van der Waals surface area contributed by atoms with E-state index in [4.69, 9.17) is 11.6 Å². The summed E-state index contributed by atoms with van der Waals surface area (Å²) in [6, 6.07) is 9.22. The summed E-state index contributed by atoms with van der Waals surface area (Å²) < 4.78 is 0. The van der Waals surface area contributed by atoms with Gasteiger partial charge in [0.1, 0.15) is 11.2 Å². The Hall–Kier alpha value is -2.14. The SMILES string of the molecule is Cc1nc2c(c(=O)[nH]1)CN(C(=O)C(Cl)c1ccccc1)CC2. The molecule has 2 aromatic rings. The van der Waals surface area contributed by atoms with Crippen molar-refractivity contribution < 1.29 is 4.79 Å². The third-order valence-electron chi connectivity index (χ3n) is 3.81. The predicted molar refractivity (Wildman–Crippen MR) is 83.8 cm³/mol. The number of aryl methyl sites for hydroxylation is 1. The van der Waals surface area contributed by atoms with Crippen molar-refractivity contribution >= 4 is 17.5 Å². The van der Waals surface area contributed by atoms with Crippen LogP contribution < -0.4 is 5.56 Å². The van der Waals surface area contributed by atoms with Crippen LogP contribution in [0.3, 0.4) is 0 Å². The lowest BCUT2D eigenvalue weighted by Crippen LogP contribution is -2.41. The van der Waals surface area contributed by atoms with Gasteiger partial charge in [-0.1, -0.05) is 30.3 Å². The maximum atomic E-state index is 12.5. The number of rotatable bonds is 2. The molecule has 0 bridgehead atoms. The molecule has 1 N–H and O–H groups in total. The first-order chi connectivity index (χ1) is 10.6. The van der Waals surface area contributed by atoms with Gasteiger partial charge in [-0.2, -0.15) is 0 Å². The molecule has 1 aliphatic rings. The fourth-order valence-corrected chi connectivity index (χ4v) is 2.95. The molecule has 0 saturated carbocycles. The second-order valence-electron chi connectivity index (χ2n) is 5.36. The van der Waals surface area contributed by atoms with E-state index in [0.29, 0.717) is 24.4 Å². The standard InChI is InChI=1S/C16H16ClN3O2/c1-10-18-13-7-8-20(9-12(13)15(21)19-10)16(22)14(17)11-5-3-2-4-6-11/h2-6,14H,7-9H2,1H3,(H,18,19,21). The highest BCUT2D eigenvalue weighted by Crippen LogP contribution is 2.25. The Balaban J connectivity index is 1.83. The van der Waals surface area contributed by atoms with Gasteiger partial charge < -0.3 is 9.88 Å². The number of aromatic amines is 1. The van der Waals surface area contributed by atoms with Crippen LogP contribution in [0.4, 0.5) is 0 Å². The Kier molecular flexibility index (Phi) is 3.98. The molecule has 0 saturated heterocycles. The number of benzene rings is 1. The number of carbonyl (C=O) groups excluding carboxylic acids is 1. The molecular weight excluding hydrogens is 302 g/mol. The van der Waals surface area contributed by atoms with Gasteiger partial charge in [0, 0.05) is 13.0 Å². The summed E-state index contributed by atoms with van der Waals surface area (Å²) in [5, 5.41) is -0.736. The zero-order valence-electron chi connectivity index (χ0n) is 12.2. The highest BCUT2D eigenvalue weighted by molar-refractivity contribution is 6.30. The van der Waals surface area contributed by atoms with Crippen LogP contribution in [0.2, 0.25) is 0 Å². The Morgan fingerprint density at radius 3 is 2.82 bits per heavy atom. The van der Waals surface area contributed by atoms with Crippen LogP contribution in [0.5, 0.6) is 0 Å². The van der Waals surface area contributed by atoms with E-state index in [9.17, 15) is 9.59 Å². The van der Waals surface area contributed by atoms with E-state index < -0.39 is 5.38 Å². The molecule has 22 heavy (non-hydrogen) atoms. The molecule has 0 fully saturated rings. The van der Waals surface area contributed by atoms with Crippen LogP contribution in [-0.4, -0.2) is 27.3 Å². The molecule has 6 heteroatoms. The Morgan fingerprint density at radius 2 is 2.09 bits per heavy atom. The molecule has 0 aliphatic carbocycles. The lowest BCUT2D eigenvalue weighted by Gasteiger charge is -2.29. The normalized spacial score (nSPS) is 15.3. The number of amides is 1. The number of nitrogens with zero attached hydrogens (tertiary/aromatic N) is 2. The number of H-pyrrole nitrogens is 1. The number of alkyl halides is 1. The molecule has 2 heterocycles. The van der Waals surface area contributed by atoms with Crippen molar-refractivity contribution in [1.29, 1.82) is 0 Å². The van der Waals surface area contributed by atoms with Crippen LogP contribution in [0.25, 0.3) is 0 Å². The smallest absolute Gasteiger partial charge is 0.256 e. The molecular formula is C16H16ClN3O2. The van der Waals surface area contributed by atoms with Crippen LogP contribution in [0.15, 0.2) is 35.1 Å².